The summed E-state index contributed by atoms with van der Waals surface area (Å²) in [5.41, 5.74) is 2.01. The third-order valence-electron chi connectivity index (χ3n) is 4.66. The average Bonchev–Trinajstić information content (AvgIpc) is 2.78. The fourth-order valence-corrected chi connectivity index (χ4v) is 3.12. The smallest absolute Gasteiger partial charge is 0.311 e. The van der Waals surface area contributed by atoms with Crippen molar-refractivity contribution < 1.29 is 19.2 Å². The van der Waals surface area contributed by atoms with Crippen molar-refractivity contribution in [3.8, 4) is 0 Å². The number of nitro groups is 1. The van der Waals surface area contributed by atoms with E-state index in [-0.39, 0.29) is 23.6 Å². The molecule has 1 amide bonds. The highest BCUT2D eigenvalue weighted by Gasteiger charge is 2.19. The molecule has 0 saturated carbocycles. The molecule has 7 heteroatoms. The summed E-state index contributed by atoms with van der Waals surface area (Å²) in [4.78, 5) is 37.2. The van der Waals surface area contributed by atoms with Crippen LogP contribution in [-0.4, -0.2) is 28.3 Å². The Kier molecular flexibility index (Phi) is 7.48. The lowest BCUT2D eigenvalue weighted by molar-refractivity contribution is -0.385. The molecule has 0 radical (unpaired) electrons. The molecule has 0 atom stereocenters. The average molecular weight is 418 g/mol. The van der Waals surface area contributed by atoms with Gasteiger partial charge < -0.3 is 9.64 Å². The van der Waals surface area contributed by atoms with E-state index in [1.54, 1.807) is 11.0 Å². The number of nitrogens with zero attached hydrogens (tertiary/aromatic N) is 2. The monoisotopic (exact) mass is 418 g/mol. The van der Waals surface area contributed by atoms with Gasteiger partial charge >= 0.3 is 5.97 Å². The largest absolute Gasteiger partial charge is 0.455 e. The number of carbonyl (C=O) groups excluding carboxylic acids is 2. The lowest BCUT2D eigenvalue weighted by Crippen LogP contribution is -2.34. The van der Waals surface area contributed by atoms with Crippen molar-refractivity contribution >= 4 is 17.6 Å². The van der Waals surface area contributed by atoms with E-state index in [0.29, 0.717) is 13.1 Å². The maximum atomic E-state index is 12.8. The minimum atomic E-state index is -0.693. The van der Waals surface area contributed by atoms with Crippen LogP contribution in [0.25, 0.3) is 0 Å². The molecule has 0 saturated heterocycles. The Hall–Kier alpha value is -4.00. The topological polar surface area (TPSA) is 89.7 Å². The third kappa shape index (κ3) is 6.50. The Morgan fingerprint density at radius 1 is 0.806 bits per heavy atom. The number of hydrogen-bond acceptors (Lipinski definition) is 5. The maximum absolute atomic E-state index is 12.8. The zero-order valence-electron chi connectivity index (χ0n) is 16.8. The fraction of sp³-hybridized carbons (Fsp3) is 0.167. The van der Waals surface area contributed by atoms with E-state index in [0.717, 1.165) is 11.1 Å². The van der Waals surface area contributed by atoms with Crippen LogP contribution in [0.1, 0.15) is 16.7 Å². The van der Waals surface area contributed by atoms with Crippen molar-refractivity contribution in [1.29, 1.82) is 0 Å². The fourth-order valence-electron chi connectivity index (χ4n) is 3.12. The van der Waals surface area contributed by atoms with Gasteiger partial charge in [0, 0.05) is 24.7 Å². The Labute approximate surface area is 180 Å². The summed E-state index contributed by atoms with van der Waals surface area (Å²) in [6.07, 6.45) is -0.276. The Bertz CT molecular complexity index is 997. The van der Waals surface area contributed by atoms with Crippen LogP contribution in [0.5, 0.6) is 0 Å². The second kappa shape index (κ2) is 10.7. The molecular weight excluding hydrogens is 396 g/mol. The van der Waals surface area contributed by atoms with Gasteiger partial charge in [-0.15, -0.1) is 0 Å². The van der Waals surface area contributed by atoms with Gasteiger partial charge in [-0.25, -0.2) is 0 Å². The van der Waals surface area contributed by atoms with Gasteiger partial charge in [-0.2, -0.15) is 0 Å². The number of rotatable bonds is 9. The number of nitro benzene ring substituents is 1. The predicted molar refractivity (Wildman–Crippen MR) is 115 cm³/mol. The highest BCUT2D eigenvalue weighted by Crippen LogP contribution is 2.18. The molecule has 0 heterocycles. The lowest BCUT2D eigenvalue weighted by Gasteiger charge is -2.23. The van der Waals surface area contributed by atoms with E-state index in [1.165, 1.54) is 18.2 Å². The second-order valence-electron chi connectivity index (χ2n) is 6.94. The van der Waals surface area contributed by atoms with E-state index < -0.39 is 17.5 Å². The molecule has 0 N–H and O–H groups in total. The van der Waals surface area contributed by atoms with Gasteiger partial charge in [0.1, 0.15) is 0 Å². The molecule has 0 aliphatic rings. The molecule has 158 valence electrons. The second-order valence-corrected chi connectivity index (χ2v) is 6.94. The van der Waals surface area contributed by atoms with Crippen molar-refractivity contribution in [2.45, 2.75) is 19.5 Å². The van der Waals surface area contributed by atoms with Gasteiger partial charge in [0.25, 0.3) is 11.6 Å². The number of carbonyl (C=O) groups is 2. The van der Waals surface area contributed by atoms with Crippen LogP contribution in [0.2, 0.25) is 0 Å². The number of amides is 1. The highest BCUT2D eigenvalue weighted by atomic mass is 16.6. The van der Waals surface area contributed by atoms with E-state index >= 15 is 0 Å². The Morgan fingerprint density at radius 3 is 1.87 bits per heavy atom. The number of hydrogen-bond donors (Lipinski definition) is 0. The number of benzene rings is 3. The third-order valence-corrected chi connectivity index (χ3v) is 4.66. The van der Waals surface area contributed by atoms with Crippen molar-refractivity contribution in [3.05, 3.63) is 112 Å². The Morgan fingerprint density at radius 2 is 1.32 bits per heavy atom. The van der Waals surface area contributed by atoms with Gasteiger partial charge in [0.2, 0.25) is 0 Å². The van der Waals surface area contributed by atoms with Crippen LogP contribution < -0.4 is 0 Å². The van der Waals surface area contributed by atoms with Gasteiger partial charge in [-0.3, -0.25) is 19.7 Å². The first-order valence-electron chi connectivity index (χ1n) is 9.76. The molecule has 0 bridgehead atoms. The van der Waals surface area contributed by atoms with Crippen LogP contribution in [0.15, 0.2) is 84.9 Å². The van der Waals surface area contributed by atoms with Gasteiger partial charge in [-0.1, -0.05) is 78.9 Å². The SMILES string of the molecule is O=C(Cc1ccccc1[N+](=O)[O-])OCC(=O)N(Cc1ccccc1)Cc1ccccc1. The van der Waals surface area contributed by atoms with Crippen LogP contribution >= 0.6 is 0 Å². The molecule has 0 aliphatic carbocycles. The summed E-state index contributed by atoms with van der Waals surface area (Å²) in [5, 5.41) is 11.1. The van der Waals surface area contributed by atoms with E-state index in [2.05, 4.69) is 0 Å². The Balaban J connectivity index is 1.64. The first-order chi connectivity index (χ1) is 15.0. The van der Waals surface area contributed by atoms with E-state index in [1.807, 2.05) is 60.7 Å². The summed E-state index contributed by atoms with van der Waals surface area (Å²) in [6.45, 7) is 0.311. The van der Waals surface area contributed by atoms with E-state index in [4.69, 9.17) is 4.74 Å². The van der Waals surface area contributed by atoms with Crippen molar-refractivity contribution in [1.82, 2.24) is 4.90 Å². The van der Waals surface area contributed by atoms with E-state index in [9.17, 15) is 19.7 Å². The summed E-state index contributed by atoms with van der Waals surface area (Å²) < 4.78 is 5.15. The van der Waals surface area contributed by atoms with Crippen LogP contribution in [0.3, 0.4) is 0 Å². The molecule has 7 nitrogen and oxygen atoms in total. The van der Waals surface area contributed by atoms with Crippen LogP contribution in [0, 0.1) is 10.1 Å². The number of ether oxygens (including phenoxy) is 1. The molecule has 3 aromatic rings. The lowest BCUT2D eigenvalue weighted by atomic mass is 10.1. The molecule has 0 aromatic heterocycles. The summed E-state index contributed by atoms with van der Waals surface area (Å²) in [6, 6.07) is 25.0. The molecule has 3 aromatic carbocycles. The molecule has 0 unspecified atom stereocenters. The minimum Gasteiger partial charge on any atom is -0.455 e. The molecule has 3 rings (SSSR count). The number of para-hydroxylation sites is 1. The summed E-state index contributed by atoms with van der Waals surface area (Å²) >= 11 is 0. The molecular formula is C24H22N2O5. The van der Waals surface area contributed by atoms with Crippen LogP contribution in [-0.2, 0) is 33.8 Å². The first-order valence-corrected chi connectivity index (χ1v) is 9.76. The molecule has 31 heavy (non-hydrogen) atoms. The van der Waals surface area contributed by atoms with Crippen molar-refractivity contribution in [2.75, 3.05) is 6.61 Å². The normalized spacial score (nSPS) is 10.3. The summed E-state index contributed by atoms with van der Waals surface area (Å²) in [5.74, 6) is -1.04. The van der Waals surface area contributed by atoms with Gasteiger partial charge in [-0.05, 0) is 11.1 Å². The summed E-state index contributed by atoms with van der Waals surface area (Å²) in [7, 11) is 0. The zero-order valence-corrected chi connectivity index (χ0v) is 16.8. The van der Waals surface area contributed by atoms with Gasteiger partial charge in [0.05, 0.1) is 11.3 Å². The highest BCUT2D eigenvalue weighted by molar-refractivity contribution is 5.81. The van der Waals surface area contributed by atoms with Gasteiger partial charge in [0.15, 0.2) is 6.61 Å². The standard InChI is InChI=1S/C24H22N2O5/c27-23(18-31-24(28)15-21-13-7-8-14-22(21)26(29)30)25(16-19-9-3-1-4-10-19)17-20-11-5-2-6-12-20/h1-14H,15-18H2. The molecule has 0 spiro atoms. The maximum Gasteiger partial charge on any atom is 0.311 e. The van der Waals surface area contributed by atoms with Crippen molar-refractivity contribution in [2.24, 2.45) is 0 Å². The zero-order chi connectivity index (χ0) is 22.1. The quantitative estimate of drug-likeness (QED) is 0.299. The predicted octanol–water partition coefficient (Wildman–Crippen LogP) is 3.91. The van der Waals surface area contributed by atoms with Crippen LogP contribution in [0.4, 0.5) is 5.69 Å². The number of esters is 1. The van der Waals surface area contributed by atoms with Crippen molar-refractivity contribution in [3.63, 3.8) is 0 Å². The molecule has 0 aliphatic heterocycles. The first kappa shape index (κ1) is 21.7. The minimum absolute atomic E-state index is 0.152. The molecule has 0 fully saturated rings.